The molecule has 112 valence electrons. The number of benzene rings is 1. The first kappa shape index (κ1) is 15.6. The van der Waals surface area contributed by atoms with Crippen molar-refractivity contribution in [3.8, 4) is 5.75 Å². The summed E-state index contributed by atoms with van der Waals surface area (Å²) < 4.78 is 0.400. The number of carbonyl (C=O) groups excluding carboxylic acids is 1. The van der Waals surface area contributed by atoms with E-state index < -0.39 is 22.3 Å². The smallest absolute Gasteiger partial charge is 0.312 e. The fourth-order valence-electron chi connectivity index (χ4n) is 1.57. The summed E-state index contributed by atoms with van der Waals surface area (Å²) in [5.74, 6) is -1.03. The highest BCUT2D eigenvalue weighted by Crippen LogP contribution is 2.32. The molecule has 1 amide bonds. The highest BCUT2D eigenvalue weighted by atomic mass is 79.9. The van der Waals surface area contributed by atoms with Gasteiger partial charge in [-0.1, -0.05) is 15.9 Å². The van der Waals surface area contributed by atoms with Gasteiger partial charge < -0.3 is 5.11 Å². The molecule has 2 aromatic rings. The maximum Gasteiger partial charge on any atom is 0.312 e. The highest BCUT2D eigenvalue weighted by Gasteiger charge is 2.17. The van der Waals surface area contributed by atoms with E-state index in [1.54, 1.807) is 12.1 Å². The van der Waals surface area contributed by atoms with E-state index in [4.69, 9.17) is 0 Å². The summed E-state index contributed by atoms with van der Waals surface area (Å²) in [6.45, 7) is 0. The Kier molecular flexibility index (Phi) is 4.79. The van der Waals surface area contributed by atoms with Gasteiger partial charge in [0.05, 0.1) is 16.7 Å². The van der Waals surface area contributed by atoms with Crippen LogP contribution in [0.3, 0.4) is 0 Å². The molecule has 22 heavy (non-hydrogen) atoms. The number of phenolic OH excluding ortho intramolecular Hbond substituents is 1. The molecule has 0 spiro atoms. The minimum Gasteiger partial charge on any atom is -0.502 e. The number of amides is 1. The number of aromatic nitrogens is 1. The molecule has 0 unspecified atom stereocenters. The summed E-state index contributed by atoms with van der Waals surface area (Å²) in [4.78, 5) is 25.6. The Morgan fingerprint density at radius 3 is 2.91 bits per heavy atom. The van der Waals surface area contributed by atoms with Crippen molar-refractivity contribution in [2.24, 2.45) is 5.10 Å². The van der Waals surface area contributed by atoms with Crippen molar-refractivity contribution >= 4 is 33.7 Å². The van der Waals surface area contributed by atoms with Gasteiger partial charge in [0.25, 0.3) is 5.91 Å². The number of nitro benzene ring substituents is 1. The van der Waals surface area contributed by atoms with E-state index in [0.717, 1.165) is 6.21 Å². The molecule has 1 aromatic carbocycles. The number of hydrogen-bond donors (Lipinski definition) is 2. The number of rotatable bonds is 4. The third kappa shape index (κ3) is 3.64. The second-order valence-corrected chi connectivity index (χ2v) is 4.98. The van der Waals surface area contributed by atoms with Gasteiger partial charge in [-0.05, 0) is 18.2 Å². The molecule has 0 aliphatic carbocycles. The number of halogens is 1. The van der Waals surface area contributed by atoms with Crippen LogP contribution in [0.2, 0.25) is 0 Å². The first-order valence-corrected chi connectivity index (χ1v) is 6.68. The molecule has 9 heteroatoms. The Labute approximate surface area is 132 Å². The molecule has 1 heterocycles. The topological polar surface area (TPSA) is 118 Å². The monoisotopic (exact) mass is 364 g/mol. The van der Waals surface area contributed by atoms with E-state index in [1.807, 2.05) is 0 Å². The van der Waals surface area contributed by atoms with Crippen molar-refractivity contribution in [1.82, 2.24) is 10.4 Å². The normalized spacial score (nSPS) is 10.6. The van der Waals surface area contributed by atoms with Crippen LogP contribution >= 0.6 is 15.9 Å². The van der Waals surface area contributed by atoms with Crippen LogP contribution < -0.4 is 5.43 Å². The van der Waals surface area contributed by atoms with Crippen molar-refractivity contribution in [2.45, 2.75) is 0 Å². The maximum absolute atomic E-state index is 11.7. The third-order valence-corrected chi connectivity index (χ3v) is 3.03. The molecule has 1 aromatic heterocycles. The van der Waals surface area contributed by atoms with Crippen LogP contribution in [-0.4, -0.2) is 27.1 Å². The zero-order valence-corrected chi connectivity index (χ0v) is 12.5. The van der Waals surface area contributed by atoms with Gasteiger partial charge in [0, 0.05) is 28.5 Å². The first-order chi connectivity index (χ1) is 10.5. The highest BCUT2D eigenvalue weighted by molar-refractivity contribution is 9.10. The second-order valence-electron chi connectivity index (χ2n) is 4.06. The summed E-state index contributed by atoms with van der Waals surface area (Å²) in [6, 6.07) is 5.75. The fourth-order valence-corrected chi connectivity index (χ4v) is 2.03. The molecule has 0 saturated carbocycles. The molecule has 0 aliphatic heterocycles. The number of nitrogens with one attached hydrogen (secondary N) is 1. The molecule has 0 atom stereocenters. The molecule has 0 aliphatic rings. The number of pyridine rings is 1. The minimum atomic E-state index is -0.717. The van der Waals surface area contributed by atoms with Crippen LogP contribution in [-0.2, 0) is 0 Å². The van der Waals surface area contributed by atoms with Crippen LogP contribution in [0.15, 0.2) is 46.2 Å². The van der Waals surface area contributed by atoms with Gasteiger partial charge in [0.15, 0.2) is 0 Å². The number of aromatic hydroxyl groups is 1. The molecule has 0 radical (unpaired) electrons. The van der Waals surface area contributed by atoms with Gasteiger partial charge in [-0.25, -0.2) is 5.43 Å². The largest absolute Gasteiger partial charge is 0.502 e. The van der Waals surface area contributed by atoms with Crippen molar-refractivity contribution in [3.05, 3.63) is 62.4 Å². The lowest BCUT2D eigenvalue weighted by Crippen LogP contribution is -2.17. The van der Waals surface area contributed by atoms with Gasteiger partial charge in [0.2, 0.25) is 5.75 Å². The molecule has 0 fully saturated rings. The van der Waals surface area contributed by atoms with Crippen molar-refractivity contribution in [3.63, 3.8) is 0 Å². The number of nitro groups is 1. The Bertz CT molecular complexity index is 749. The Morgan fingerprint density at radius 1 is 1.50 bits per heavy atom. The minimum absolute atomic E-state index is 0.0903. The van der Waals surface area contributed by atoms with Crippen LogP contribution in [0.25, 0.3) is 0 Å². The van der Waals surface area contributed by atoms with Crippen LogP contribution in [0.5, 0.6) is 5.75 Å². The van der Waals surface area contributed by atoms with Gasteiger partial charge in [-0.3, -0.25) is 19.9 Å². The molecule has 0 saturated heterocycles. The average molecular weight is 365 g/mol. The lowest BCUT2D eigenvalue weighted by molar-refractivity contribution is -0.385. The molecule has 2 N–H and O–H groups in total. The first-order valence-electron chi connectivity index (χ1n) is 5.89. The van der Waals surface area contributed by atoms with Gasteiger partial charge in [-0.15, -0.1) is 0 Å². The number of carbonyl (C=O) groups is 1. The van der Waals surface area contributed by atoms with Crippen LogP contribution in [0.4, 0.5) is 5.69 Å². The van der Waals surface area contributed by atoms with Gasteiger partial charge >= 0.3 is 5.69 Å². The number of nitrogens with zero attached hydrogens (tertiary/aromatic N) is 3. The van der Waals surface area contributed by atoms with Crippen molar-refractivity contribution < 1.29 is 14.8 Å². The van der Waals surface area contributed by atoms with Gasteiger partial charge in [0.1, 0.15) is 0 Å². The van der Waals surface area contributed by atoms with E-state index in [1.165, 1.54) is 24.5 Å². The molecular weight excluding hydrogens is 356 g/mol. The average Bonchev–Trinajstić information content (AvgIpc) is 2.50. The Hall–Kier alpha value is -2.81. The number of phenols is 1. The van der Waals surface area contributed by atoms with E-state index >= 15 is 0 Å². The summed E-state index contributed by atoms with van der Waals surface area (Å²) in [5.41, 5.74) is 2.17. The molecule has 2 rings (SSSR count). The zero-order chi connectivity index (χ0) is 16.1. The van der Waals surface area contributed by atoms with Gasteiger partial charge in [-0.2, -0.15) is 5.10 Å². The van der Waals surface area contributed by atoms with E-state index in [2.05, 4.69) is 31.4 Å². The fraction of sp³-hybridized carbons (Fsp3) is 0. The summed E-state index contributed by atoms with van der Waals surface area (Å²) in [7, 11) is 0. The third-order valence-electron chi connectivity index (χ3n) is 2.57. The Balaban J connectivity index is 2.17. The summed E-state index contributed by atoms with van der Waals surface area (Å²) in [5, 5.41) is 24.3. The second kappa shape index (κ2) is 6.76. The predicted octanol–water partition coefficient (Wildman–Crippen LogP) is 2.22. The van der Waals surface area contributed by atoms with Crippen molar-refractivity contribution in [2.75, 3.05) is 0 Å². The quantitative estimate of drug-likeness (QED) is 0.489. The van der Waals surface area contributed by atoms with Crippen LogP contribution in [0, 0.1) is 10.1 Å². The predicted molar refractivity (Wildman–Crippen MR) is 81.8 cm³/mol. The standard InChI is InChI=1S/C13H9BrN4O4/c14-10-4-9(12(19)11(5-10)18(21)22)7-16-17-13(20)8-2-1-3-15-6-8/h1-7,19H,(H,17,20)/b16-7-. The molecule has 0 bridgehead atoms. The van der Waals surface area contributed by atoms with E-state index in [0.29, 0.717) is 10.0 Å². The summed E-state index contributed by atoms with van der Waals surface area (Å²) >= 11 is 3.10. The molecular formula is C13H9BrN4O4. The lowest BCUT2D eigenvalue weighted by Gasteiger charge is -2.02. The van der Waals surface area contributed by atoms with Crippen LogP contribution in [0.1, 0.15) is 15.9 Å². The zero-order valence-electron chi connectivity index (χ0n) is 10.9. The van der Waals surface area contributed by atoms with Crippen molar-refractivity contribution in [1.29, 1.82) is 0 Å². The number of hydrazone groups is 1. The maximum atomic E-state index is 11.7. The SMILES string of the molecule is O=C(N/N=C\c1cc(Br)cc([N+](=O)[O-])c1O)c1cccnc1. The lowest BCUT2D eigenvalue weighted by atomic mass is 10.2. The Morgan fingerprint density at radius 2 is 2.27 bits per heavy atom. The molecule has 8 nitrogen and oxygen atoms in total. The van der Waals surface area contributed by atoms with E-state index in [9.17, 15) is 20.0 Å². The van der Waals surface area contributed by atoms with E-state index in [-0.39, 0.29) is 5.56 Å². The summed E-state index contributed by atoms with van der Waals surface area (Å²) in [6.07, 6.45) is 4.01. The number of hydrogen-bond acceptors (Lipinski definition) is 6.